The Morgan fingerprint density at radius 2 is 1.97 bits per heavy atom. The molecular weight excluding hydrogens is 366 g/mol. The highest BCUT2D eigenvalue weighted by Crippen LogP contribution is 2.22. The molecule has 3 aromatic rings. The SMILES string of the molecule is O=C(NCc1ccccn1)c1cccc(OC2CCN(c3cnccn3)CC2)c1. The summed E-state index contributed by atoms with van der Waals surface area (Å²) in [6.45, 7) is 2.13. The molecule has 29 heavy (non-hydrogen) atoms. The third kappa shape index (κ3) is 5.07. The van der Waals surface area contributed by atoms with E-state index in [-0.39, 0.29) is 12.0 Å². The molecule has 148 valence electrons. The highest BCUT2D eigenvalue weighted by atomic mass is 16.5. The van der Waals surface area contributed by atoms with Crippen molar-refractivity contribution < 1.29 is 9.53 Å². The molecule has 1 N–H and O–H groups in total. The van der Waals surface area contributed by atoms with Crippen molar-refractivity contribution >= 4 is 11.7 Å². The number of aromatic nitrogens is 3. The lowest BCUT2D eigenvalue weighted by atomic mass is 10.1. The van der Waals surface area contributed by atoms with Crippen molar-refractivity contribution in [3.05, 3.63) is 78.5 Å². The minimum Gasteiger partial charge on any atom is -0.490 e. The van der Waals surface area contributed by atoms with Gasteiger partial charge in [0.1, 0.15) is 17.7 Å². The highest BCUT2D eigenvalue weighted by Gasteiger charge is 2.21. The largest absolute Gasteiger partial charge is 0.490 e. The molecule has 7 heteroatoms. The quantitative estimate of drug-likeness (QED) is 0.698. The van der Waals surface area contributed by atoms with Crippen molar-refractivity contribution in [2.24, 2.45) is 0 Å². The number of rotatable bonds is 6. The van der Waals surface area contributed by atoms with Gasteiger partial charge in [0.05, 0.1) is 18.4 Å². The summed E-state index contributed by atoms with van der Waals surface area (Å²) < 4.78 is 6.14. The topological polar surface area (TPSA) is 80.2 Å². The zero-order valence-corrected chi connectivity index (χ0v) is 16.1. The van der Waals surface area contributed by atoms with E-state index in [1.54, 1.807) is 36.9 Å². The maximum atomic E-state index is 12.4. The van der Waals surface area contributed by atoms with Crippen LogP contribution in [0.5, 0.6) is 5.75 Å². The van der Waals surface area contributed by atoms with E-state index in [1.165, 1.54) is 0 Å². The highest BCUT2D eigenvalue weighted by molar-refractivity contribution is 5.94. The van der Waals surface area contributed by atoms with Gasteiger partial charge in [-0.3, -0.25) is 14.8 Å². The molecule has 0 radical (unpaired) electrons. The van der Waals surface area contributed by atoms with Gasteiger partial charge in [0, 0.05) is 50.1 Å². The van der Waals surface area contributed by atoms with E-state index >= 15 is 0 Å². The standard InChI is InChI=1S/C22H23N5O2/c28-22(26-15-18-5-1-2-9-24-18)17-4-3-6-20(14-17)29-19-7-12-27(13-8-19)21-16-23-10-11-25-21/h1-6,9-11,14,16,19H,7-8,12-13,15H2,(H,26,28). The molecule has 0 aliphatic carbocycles. The van der Waals surface area contributed by atoms with Crippen molar-refractivity contribution in [1.82, 2.24) is 20.3 Å². The molecule has 0 spiro atoms. The van der Waals surface area contributed by atoms with Gasteiger partial charge in [0.2, 0.25) is 0 Å². The minimum absolute atomic E-state index is 0.120. The number of ether oxygens (including phenoxy) is 1. The van der Waals surface area contributed by atoms with Gasteiger partial charge in [-0.15, -0.1) is 0 Å². The molecule has 0 atom stereocenters. The van der Waals surface area contributed by atoms with Crippen molar-refractivity contribution in [3.63, 3.8) is 0 Å². The third-order valence-corrected chi connectivity index (χ3v) is 4.87. The second-order valence-electron chi connectivity index (χ2n) is 6.90. The number of pyridine rings is 1. The van der Waals surface area contributed by atoms with Gasteiger partial charge >= 0.3 is 0 Å². The lowest BCUT2D eigenvalue weighted by molar-refractivity contribution is 0.0949. The molecule has 0 unspecified atom stereocenters. The molecule has 0 bridgehead atoms. The number of hydrogen-bond donors (Lipinski definition) is 1. The smallest absolute Gasteiger partial charge is 0.251 e. The van der Waals surface area contributed by atoms with Gasteiger partial charge in [0.15, 0.2) is 0 Å². The molecule has 4 rings (SSSR count). The van der Waals surface area contributed by atoms with Gasteiger partial charge in [-0.1, -0.05) is 12.1 Å². The summed E-state index contributed by atoms with van der Waals surface area (Å²) in [5.41, 5.74) is 1.40. The number of amides is 1. The Bertz CT molecular complexity index is 928. The van der Waals surface area contributed by atoms with Crippen LogP contribution in [0, 0.1) is 0 Å². The van der Waals surface area contributed by atoms with Crippen LogP contribution < -0.4 is 15.0 Å². The van der Waals surface area contributed by atoms with Crippen molar-refractivity contribution in [3.8, 4) is 5.75 Å². The number of piperidine rings is 1. The van der Waals surface area contributed by atoms with Gasteiger partial charge in [-0.25, -0.2) is 4.98 Å². The molecule has 1 saturated heterocycles. The zero-order valence-electron chi connectivity index (χ0n) is 16.1. The first-order valence-electron chi connectivity index (χ1n) is 9.74. The van der Waals surface area contributed by atoms with E-state index in [0.29, 0.717) is 17.9 Å². The van der Waals surface area contributed by atoms with Crippen LogP contribution in [0.4, 0.5) is 5.82 Å². The summed E-state index contributed by atoms with van der Waals surface area (Å²) in [5, 5.41) is 2.89. The number of hydrogen-bond acceptors (Lipinski definition) is 6. The Balaban J connectivity index is 1.30. The zero-order chi connectivity index (χ0) is 19.9. The Morgan fingerprint density at radius 1 is 1.07 bits per heavy atom. The number of nitrogens with zero attached hydrogens (tertiary/aromatic N) is 4. The normalized spacial score (nSPS) is 14.4. The van der Waals surface area contributed by atoms with Crippen LogP contribution in [-0.4, -0.2) is 40.1 Å². The maximum Gasteiger partial charge on any atom is 0.251 e. The van der Waals surface area contributed by atoms with Crippen LogP contribution in [0.15, 0.2) is 67.3 Å². The monoisotopic (exact) mass is 389 g/mol. The van der Waals surface area contributed by atoms with Crippen molar-refractivity contribution in [2.45, 2.75) is 25.5 Å². The molecule has 3 heterocycles. The number of nitrogens with one attached hydrogen (secondary N) is 1. The number of benzene rings is 1. The van der Waals surface area contributed by atoms with E-state index in [9.17, 15) is 4.79 Å². The van der Waals surface area contributed by atoms with E-state index in [4.69, 9.17) is 4.74 Å². The Labute approximate surface area is 169 Å². The summed E-state index contributed by atoms with van der Waals surface area (Å²) in [4.78, 5) is 27.4. The van der Waals surface area contributed by atoms with E-state index < -0.39 is 0 Å². The summed E-state index contributed by atoms with van der Waals surface area (Å²) in [6.07, 6.45) is 8.80. The summed E-state index contributed by atoms with van der Waals surface area (Å²) in [5.74, 6) is 1.48. The fraction of sp³-hybridized carbons (Fsp3) is 0.273. The molecule has 1 amide bonds. The minimum atomic E-state index is -0.140. The van der Waals surface area contributed by atoms with E-state index in [2.05, 4.69) is 25.2 Å². The lowest BCUT2D eigenvalue weighted by Gasteiger charge is -2.32. The van der Waals surface area contributed by atoms with Crippen LogP contribution in [-0.2, 0) is 6.54 Å². The first-order valence-corrected chi connectivity index (χ1v) is 9.74. The fourth-order valence-corrected chi connectivity index (χ4v) is 3.34. The summed E-state index contributed by atoms with van der Waals surface area (Å²) in [6, 6.07) is 13.0. The Kier molecular flexibility index (Phi) is 5.95. The van der Waals surface area contributed by atoms with Crippen LogP contribution in [0.3, 0.4) is 0 Å². The second kappa shape index (κ2) is 9.14. The molecule has 1 aliphatic heterocycles. The lowest BCUT2D eigenvalue weighted by Crippen LogP contribution is -2.38. The van der Waals surface area contributed by atoms with Crippen LogP contribution >= 0.6 is 0 Å². The number of carbonyl (C=O) groups excluding carboxylic acids is 1. The predicted molar refractivity (Wildman–Crippen MR) is 110 cm³/mol. The first kappa shape index (κ1) is 18.9. The molecule has 0 saturated carbocycles. The molecule has 1 aliphatic rings. The summed E-state index contributed by atoms with van der Waals surface area (Å²) in [7, 11) is 0. The molecule has 7 nitrogen and oxygen atoms in total. The number of anilines is 1. The van der Waals surface area contributed by atoms with Crippen LogP contribution in [0.25, 0.3) is 0 Å². The van der Waals surface area contributed by atoms with Gasteiger partial charge in [-0.2, -0.15) is 0 Å². The van der Waals surface area contributed by atoms with E-state index in [1.807, 2.05) is 30.3 Å². The molecular formula is C22H23N5O2. The van der Waals surface area contributed by atoms with Crippen molar-refractivity contribution in [2.75, 3.05) is 18.0 Å². The molecule has 1 aromatic carbocycles. The van der Waals surface area contributed by atoms with Crippen LogP contribution in [0.2, 0.25) is 0 Å². The first-order chi connectivity index (χ1) is 14.3. The van der Waals surface area contributed by atoms with Gasteiger partial charge in [-0.05, 0) is 30.3 Å². The Morgan fingerprint density at radius 3 is 2.72 bits per heavy atom. The Hall–Kier alpha value is -3.48. The third-order valence-electron chi connectivity index (χ3n) is 4.87. The molecule has 1 fully saturated rings. The average Bonchev–Trinajstić information content (AvgIpc) is 2.79. The number of carbonyl (C=O) groups is 1. The second-order valence-corrected chi connectivity index (χ2v) is 6.90. The maximum absolute atomic E-state index is 12.4. The van der Waals surface area contributed by atoms with Crippen molar-refractivity contribution in [1.29, 1.82) is 0 Å². The fourth-order valence-electron chi connectivity index (χ4n) is 3.34. The average molecular weight is 389 g/mol. The van der Waals surface area contributed by atoms with Crippen LogP contribution in [0.1, 0.15) is 28.9 Å². The van der Waals surface area contributed by atoms with Gasteiger partial charge < -0.3 is 15.0 Å². The summed E-state index contributed by atoms with van der Waals surface area (Å²) >= 11 is 0. The predicted octanol–water partition coefficient (Wildman–Crippen LogP) is 2.85. The van der Waals surface area contributed by atoms with E-state index in [0.717, 1.165) is 37.4 Å². The van der Waals surface area contributed by atoms with Gasteiger partial charge in [0.25, 0.3) is 5.91 Å². The molecule has 2 aromatic heterocycles.